The molecule has 142 valence electrons. The molecule has 2 aliphatic rings. The van der Waals surface area contributed by atoms with E-state index in [2.05, 4.69) is 6.58 Å². The second-order valence-corrected chi connectivity index (χ2v) is 9.02. The molecule has 0 aromatic heterocycles. The van der Waals surface area contributed by atoms with Crippen LogP contribution in [0.5, 0.6) is 0 Å². The molecule has 2 fully saturated rings. The first kappa shape index (κ1) is 19.0. The molecule has 1 atom stereocenters. The Balaban J connectivity index is 1.75. The highest BCUT2D eigenvalue weighted by atomic mass is 32.2. The van der Waals surface area contributed by atoms with Crippen molar-refractivity contribution in [2.75, 3.05) is 25.4 Å². The van der Waals surface area contributed by atoms with Crippen LogP contribution in [0.25, 0.3) is 0 Å². The third-order valence-corrected chi connectivity index (χ3v) is 6.98. The van der Waals surface area contributed by atoms with Crippen molar-refractivity contribution in [2.24, 2.45) is 5.41 Å². The number of piperidine rings is 1. The van der Waals surface area contributed by atoms with Crippen LogP contribution in [-0.2, 0) is 21.4 Å². The quantitative estimate of drug-likeness (QED) is 0.732. The van der Waals surface area contributed by atoms with E-state index >= 15 is 0 Å². The second-order valence-electron chi connectivity index (χ2n) is 7.01. The summed E-state index contributed by atoms with van der Waals surface area (Å²) >= 11 is 0. The highest BCUT2D eigenvalue weighted by Gasteiger charge is 2.50. The number of halogens is 2. The maximum Gasteiger partial charge on any atom is 0.230 e. The number of carbonyl (C=O) groups is 1. The summed E-state index contributed by atoms with van der Waals surface area (Å²) in [6, 6.07) is 3.61. The first-order valence-electron chi connectivity index (χ1n) is 8.59. The van der Waals surface area contributed by atoms with Gasteiger partial charge in [0.2, 0.25) is 15.9 Å². The summed E-state index contributed by atoms with van der Waals surface area (Å²) in [5, 5.41) is 0. The molecule has 2 heterocycles. The van der Waals surface area contributed by atoms with Crippen LogP contribution in [0.15, 0.2) is 30.9 Å². The standard InChI is InChI=1S/C18H22F2N2O3S/c1-2-10-26(24,25)22-9-7-18(13-22)6-3-8-21(17(18)23)12-14-4-5-15(19)16(20)11-14/h2,4-5,11H,1,3,6-10,12-13H2. The number of amides is 1. The van der Waals surface area contributed by atoms with E-state index in [-0.39, 0.29) is 24.7 Å². The minimum Gasteiger partial charge on any atom is -0.338 e. The van der Waals surface area contributed by atoms with Crippen molar-refractivity contribution in [3.63, 3.8) is 0 Å². The summed E-state index contributed by atoms with van der Waals surface area (Å²) in [7, 11) is -3.44. The molecule has 5 nitrogen and oxygen atoms in total. The topological polar surface area (TPSA) is 57.7 Å². The summed E-state index contributed by atoms with van der Waals surface area (Å²) in [5.41, 5.74) is -0.200. The molecular formula is C18H22F2N2O3S. The van der Waals surface area contributed by atoms with Gasteiger partial charge in [-0.15, -0.1) is 6.58 Å². The zero-order chi connectivity index (χ0) is 18.9. The van der Waals surface area contributed by atoms with Gasteiger partial charge in [0.25, 0.3) is 0 Å². The van der Waals surface area contributed by atoms with Crippen LogP contribution in [0.4, 0.5) is 8.78 Å². The minimum atomic E-state index is -3.44. The fourth-order valence-electron chi connectivity index (χ4n) is 3.87. The van der Waals surface area contributed by atoms with Crippen molar-refractivity contribution in [3.8, 4) is 0 Å². The number of rotatable bonds is 5. The van der Waals surface area contributed by atoms with Gasteiger partial charge in [0, 0.05) is 26.2 Å². The van der Waals surface area contributed by atoms with Gasteiger partial charge in [-0.05, 0) is 37.0 Å². The van der Waals surface area contributed by atoms with Crippen LogP contribution in [0.2, 0.25) is 0 Å². The number of sulfonamides is 1. The fourth-order valence-corrected chi connectivity index (χ4v) is 5.19. The number of carbonyl (C=O) groups excluding carboxylic acids is 1. The Kier molecular flexibility index (Phi) is 5.16. The van der Waals surface area contributed by atoms with Crippen LogP contribution in [0.1, 0.15) is 24.8 Å². The summed E-state index contributed by atoms with van der Waals surface area (Å²) in [6.45, 7) is 4.69. The monoisotopic (exact) mass is 384 g/mol. The lowest BCUT2D eigenvalue weighted by molar-refractivity contribution is -0.146. The number of nitrogens with zero attached hydrogens (tertiary/aromatic N) is 2. The van der Waals surface area contributed by atoms with E-state index in [0.29, 0.717) is 31.5 Å². The average Bonchev–Trinajstić information content (AvgIpc) is 3.01. The molecule has 3 rings (SSSR count). The molecule has 0 bridgehead atoms. The molecule has 8 heteroatoms. The zero-order valence-corrected chi connectivity index (χ0v) is 15.3. The Morgan fingerprint density at radius 2 is 1.96 bits per heavy atom. The number of hydrogen-bond acceptors (Lipinski definition) is 3. The lowest BCUT2D eigenvalue weighted by atomic mass is 9.78. The number of hydrogen-bond donors (Lipinski definition) is 0. The molecule has 1 spiro atoms. The van der Waals surface area contributed by atoms with Crippen molar-refractivity contribution in [3.05, 3.63) is 48.1 Å². The van der Waals surface area contributed by atoms with Gasteiger partial charge in [-0.2, -0.15) is 0 Å². The highest BCUT2D eigenvalue weighted by Crippen LogP contribution is 2.41. The normalized spacial score (nSPS) is 24.4. The second kappa shape index (κ2) is 7.08. The molecule has 1 amide bonds. The first-order chi connectivity index (χ1) is 12.3. The third-order valence-electron chi connectivity index (χ3n) is 5.22. The molecule has 1 aromatic carbocycles. The highest BCUT2D eigenvalue weighted by molar-refractivity contribution is 7.89. The number of likely N-dealkylation sites (tertiary alicyclic amines) is 1. The van der Waals surface area contributed by atoms with Crippen molar-refractivity contribution in [1.29, 1.82) is 0 Å². The molecule has 0 saturated carbocycles. The predicted molar refractivity (Wildman–Crippen MR) is 93.6 cm³/mol. The Labute approximate surface area is 152 Å². The molecule has 2 saturated heterocycles. The van der Waals surface area contributed by atoms with Gasteiger partial charge in [-0.3, -0.25) is 4.79 Å². The predicted octanol–water partition coefficient (Wildman–Crippen LogP) is 2.30. The van der Waals surface area contributed by atoms with Crippen LogP contribution < -0.4 is 0 Å². The van der Waals surface area contributed by atoms with Gasteiger partial charge >= 0.3 is 0 Å². The van der Waals surface area contributed by atoms with E-state index in [1.54, 1.807) is 4.90 Å². The van der Waals surface area contributed by atoms with Crippen LogP contribution in [-0.4, -0.2) is 48.9 Å². The Morgan fingerprint density at radius 3 is 2.65 bits per heavy atom. The van der Waals surface area contributed by atoms with E-state index in [9.17, 15) is 22.0 Å². The van der Waals surface area contributed by atoms with Crippen molar-refractivity contribution < 1.29 is 22.0 Å². The maximum absolute atomic E-state index is 13.4. The first-order valence-corrected chi connectivity index (χ1v) is 10.2. The van der Waals surface area contributed by atoms with Gasteiger partial charge in [0.1, 0.15) is 0 Å². The third kappa shape index (κ3) is 3.53. The van der Waals surface area contributed by atoms with Crippen LogP contribution >= 0.6 is 0 Å². The van der Waals surface area contributed by atoms with Crippen molar-refractivity contribution in [2.45, 2.75) is 25.8 Å². The maximum atomic E-state index is 13.4. The molecule has 0 N–H and O–H groups in total. The summed E-state index contributed by atoms with van der Waals surface area (Å²) in [5.74, 6) is -2.11. The van der Waals surface area contributed by atoms with Gasteiger partial charge < -0.3 is 4.90 Å². The van der Waals surface area contributed by atoms with Gasteiger partial charge in [-0.25, -0.2) is 21.5 Å². The summed E-state index contributed by atoms with van der Waals surface area (Å²) in [6.07, 6.45) is 3.22. The summed E-state index contributed by atoms with van der Waals surface area (Å²) < 4.78 is 52.4. The zero-order valence-electron chi connectivity index (χ0n) is 14.5. The van der Waals surface area contributed by atoms with E-state index in [4.69, 9.17) is 0 Å². The van der Waals surface area contributed by atoms with Crippen LogP contribution in [0, 0.1) is 17.0 Å². The smallest absolute Gasteiger partial charge is 0.230 e. The molecule has 0 radical (unpaired) electrons. The number of benzene rings is 1. The molecule has 0 aliphatic carbocycles. The van der Waals surface area contributed by atoms with E-state index < -0.39 is 27.1 Å². The van der Waals surface area contributed by atoms with Crippen molar-refractivity contribution in [1.82, 2.24) is 9.21 Å². The van der Waals surface area contributed by atoms with Gasteiger partial charge in [-0.1, -0.05) is 12.1 Å². The minimum absolute atomic E-state index is 0.107. The van der Waals surface area contributed by atoms with Gasteiger partial charge in [0.05, 0.1) is 11.2 Å². The lowest BCUT2D eigenvalue weighted by Crippen LogP contribution is -2.50. The van der Waals surface area contributed by atoms with E-state index in [0.717, 1.165) is 18.6 Å². The molecule has 1 unspecified atom stereocenters. The molecule has 26 heavy (non-hydrogen) atoms. The molecule has 1 aromatic rings. The SMILES string of the molecule is C=CCS(=O)(=O)N1CCC2(CCCN(Cc3ccc(F)c(F)c3)C2=O)C1. The van der Waals surface area contributed by atoms with Crippen molar-refractivity contribution >= 4 is 15.9 Å². The van der Waals surface area contributed by atoms with Crippen LogP contribution in [0.3, 0.4) is 0 Å². The average molecular weight is 384 g/mol. The fraction of sp³-hybridized carbons (Fsp3) is 0.500. The van der Waals surface area contributed by atoms with E-state index in [1.165, 1.54) is 16.4 Å². The Hall–Kier alpha value is -1.80. The van der Waals surface area contributed by atoms with E-state index in [1.807, 2.05) is 0 Å². The lowest BCUT2D eigenvalue weighted by Gasteiger charge is -2.39. The molecule has 2 aliphatic heterocycles. The Morgan fingerprint density at radius 1 is 1.19 bits per heavy atom. The largest absolute Gasteiger partial charge is 0.338 e. The molecular weight excluding hydrogens is 362 g/mol. The Bertz CT molecular complexity index is 828. The van der Waals surface area contributed by atoms with Gasteiger partial charge in [0.15, 0.2) is 11.6 Å². The summed E-state index contributed by atoms with van der Waals surface area (Å²) in [4.78, 5) is 14.7.